The van der Waals surface area contributed by atoms with Gasteiger partial charge in [-0.1, -0.05) is 56.3 Å². The number of benzene rings is 2. The third-order valence-corrected chi connectivity index (χ3v) is 5.12. The first-order chi connectivity index (χ1) is 13.3. The van der Waals surface area contributed by atoms with Crippen molar-refractivity contribution in [2.45, 2.75) is 45.8 Å². The number of urea groups is 1. The second kappa shape index (κ2) is 8.00. The quantitative estimate of drug-likeness (QED) is 0.586. The summed E-state index contributed by atoms with van der Waals surface area (Å²) in [5.74, 6) is -0.564. The maximum absolute atomic E-state index is 12.7. The first kappa shape index (κ1) is 19.9. The van der Waals surface area contributed by atoms with E-state index in [1.54, 1.807) is 6.92 Å². The van der Waals surface area contributed by atoms with E-state index in [-0.39, 0.29) is 19.1 Å². The van der Waals surface area contributed by atoms with Gasteiger partial charge in [-0.05, 0) is 42.0 Å². The molecule has 6 heteroatoms. The Morgan fingerprint density at radius 1 is 1.14 bits per heavy atom. The van der Waals surface area contributed by atoms with E-state index in [1.807, 2.05) is 42.5 Å². The van der Waals surface area contributed by atoms with Crippen LogP contribution in [0.1, 0.15) is 39.2 Å². The molecule has 1 heterocycles. The Hall–Kier alpha value is -2.89. The summed E-state index contributed by atoms with van der Waals surface area (Å²) in [7, 11) is 0. The third-order valence-electron chi connectivity index (χ3n) is 5.12. The number of hydrogen-bond acceptors (Lipinski definition) is 4. The van der Waals surface area contributed by atoms with Crippen molar-refractivity contribution in [2.75, 3.05) is 6.54 Å². The predicted molar refractivity (Wildman–Crippen MR) is 106 cm³/mol. The Labute approximate surface area is 164 Å². The van der Waals surface area contributed by atoms with Gasteiger partial charge in [0.15, 0.2) is 0 Å². The zero-order valence-corrected chi connectivity index (χ0v) is 16.5. The molecule has 0 spiro atoms. The molecule has 1 saturated heterocycles. The highest BCUT2D eigenvalue weighted by Gasteiger charge is 2.48. The highest BCUT2D eigenvalue weighted by molar-refractivity contribution is 6.08. The summed E-state index contributed by atoms with van der Waals surface area (Å²) in [5.41, 5.74) is -0.0810. The van der Waals surface area contributed by atoms with E-state index >= 15 is 0 Å². The summed E-state index contributed by atoms with van der Waals surface area (Å²) in [6, 6.07) is 13.1. The van der Waals surface area contributed by atoms with Crippen LogP contribution < -0.4 is 5.32 Å². The maximum Gasteiger partial charge on any atom is 0.326 e. The molecule has 3 rings (SSSR count). The number of esters is 1. The summed E-state index contributed by atoms with van der Waals surface area (Å²) >= 11 is 0. The summed E-state index contributed by atoms with van der Waals surface area (Å²) in [5, 5.41) is 4.79. The Morgan fingerprint density at radius 3 is 2.61 bits per heavy atom. The number of carbonyl (C=O) groups excluding carboxylic acids is 3. The fourth-order valence-corrected chi connectivity index (χ4v) is 3.39. The predicted octanol–water partition coefficient (Wildman–Crippen LogP) is 3.63. The molecular formula is C22H26N2O4. The smallest absolute Gasteiger partial charge is 0.326 e. The Bertz CT molecular complexity index is 903. The highest BCUT2D eigenvalue weighted by Crippen LogP contribution is 2.25. The van der Waals surface area contributed by atoms with Gasteiger partial charge in [0.1, 0.15) is 18.7 Å². The van der Waals surface area contributed by atoms with Crippen molar-refractivity contribution in [2.24, 2.45) is 5.92 Å². The van der Waals surface area contributed by atoms with Gasteiger partial charge in [0, 0.05) is 0 Å². The fourth-order valence-electron chi connectivity index (χ4n) is 3.39. The van der Waals surface area contributed by atoms with Crippen molar-refractivity contribution in [3.8, 4) is 0 Å². The lowest BCUT2D eigenvalue weighted by Crippen LogP contribution is -2.44. The van der Waals surface area contributed by atoms with Crippen LogP contribution >= 0.6 is 0 Å². The molecule has 6 nitrogen and oxygen atoms in total. The first-order valence-electron chi connectivity index (χ1n) is 9.56. The number of rotatable bonds is 7. The van der Waals surface area contributed by atoms with Gasteiger partial charge in [-0.2, -0.15) is 0 Å². The van der Waals surface area contributed by atoms with E-state index in [0.29, 0.717) is 12.3 Å². The van der Waals surface area contributed by atoms with Gasteiger partial charge >= 0.3 is 12.0 Å². The summed E-state index contributed by atoms with van der Waals surface area (Å²) in [6.07, 6.45) is 1.35. The number of ether oxygens (including phenoxy) is 1. The van der Waals surface area contributed by atoms with Crippen LogP contribution in [0.2, 0.25) is 0 Å². The van der Waals surface area contributed by atoms with Crippen LogP contribution in [0, 0.1) is 5.92 Å². The summed E-state index contributed by atoms with van der Waals surface area (Å²) < 4.78 is 5.35. The van der Waals surface area contributed by atoms with Crippen LogP contribution in [-0.2, 0) is 20.9 Å². The van der Waals surface area contributed by atoms with Gasteiger partial charge in [0.2, 0.25) is 0 Å². The molecule has 28 heavy (non-hydrogen) atoms. The van der Waals surface area contributed by atoms with Gasteiger partial charge in [0.25, 0.3) is 5.91 Å². The molecule has 1 fully saturated rings. The Balaban J connectivity index is 1.61. The van der Waals surface area contributed by atoms with E-state index in [1.165, 1.54) is 0 Å². The lowest BCUT2D eigenvalue weighted by molar-refractivity contribution is -0.148. The van der Waals surface area contributed by atoms with Gasteiger partial charge in [-0.15, -0.1) is 0 Å². The second-order valence-corrected chi connectivity index (χ2v) is 7.89. The molecule has 1 aliphatic heterocycles. The fraction of sp³-hybridized carbons (Fsp3) is 0.409. The minimum absolute atomic E-state index is 0.0917. The molecule has 1 N–H and O–H groups in total. The number of imide groups is 1. The molecule has 2 aromatic carbocycles. The standard InChI is InChI=1S/C22H26N2O4/c1-15(2)11-12-22(3)20(26)24(21(27)23-22)13-19(25)28-14-17-9-6-8-16-7-4-5-10-18(16)17/h4-10,15H,11-14H2,1-3H3,(H,23,27)/t22-/m1/s1. The molecule has 2 aromatic rings. The average Bonchev–Trinajstić information content (AvgIpc) is 2.88. The van der Waals surface area contributed by atoms with E-state index in [9.17, 15) is 14.4 Å². The molecular weight excluding hydrogens is 356 g/mol. The molecule has 0 radical (unpaired) electrons. The van der Waals surface area contributed by atoms with Gasteiger partial charge in [-0.3, -0.25) is 14.5 Å². The molecule has 0 aliphatic carbocycles. The Kier molecular flexibility index (Phi) is 5.68. The molecule has 148 valence electrons. The second-order valence-electron chi connectivity index (χ2n) is 7.89. The molecule has 0 saturated carbocycles. The SMILES string of the molecule is CC(C)CC[C@@]1(C)NC(=O)N(CC(=O)OCc2cccc3ccccc23)C1=O. The number of nitrogens with one attached hydrogen (secondary N) is 1. The monoisotopic (exact) mass is 382 g/mol. The molecule has 0 unspecified atom stereocenters. The maximum atomic E-state index is 12.7. The van der Waals surface area contributed by atoms with Crippen LogP contribution in [0.15, 0.2) is 42.5 Å². The number of carbonyl (C=O) groups is 3. The Morgan fingerprint density at radius 2 is 1.86 bits per heavy atom. The van der Waals surface area contributed by atoms with E-state index in [4.69, 9.17) is 4.74 Å². The number of amides is 3. The highest BCUT2D eigenvalue weighted by atomic mass is 16.5. The van der Waals surface area contributed by atoms with Crippen LogP contribution in [0.3, 0.4) is 0 Å². The van der Waals surface area contributed by atoms with Crippen LogP contribution in [-0.4, -0.2) is 34.9 Å². The molecule has 0 bridgehead atoms. The lowest BCUT2D eigenvalue weighted by atomic mass is 9.92. The van der Waals surface area contributed by atoms with Gasteiger partial charge in [0.05, 0.1) is 0 Å². The van der Waals surface area contributed by atoms with Crippen molar-refractivity contribution >= 4 is 28.7 Å². The minimum atomic E-state index is -0.961. The topological polar surface area (TPSA) is 75.7 Å². The van der Waals surface area contributed by atoms with Crippen LogP contribution in [0.25, 0.3) is 10.8 Å². The van der Waals surface area contributed by atoms with E-state index in [2.05, 4.69) is 19.2 Å². The molecule has 1 aliphatic rings. The lowest BCUT2D eigenvalue weighted by Gasteiger charge is -2.22. The first-order valence-corrected chi connectivity index (χ1v) is 9.56. The largest absolute Gasteiger partial charge is 0.459 e. The number of fused-ring (bicyclic) bond motifs is 1. The van der Waals surface area contributed by atoms with Crippen molar-refractivity contribution in [1.82, 2.24) is 10.2 Å². The average molecular weight is 382 g/mol. The van der Waals surface area contributed by atoms with Gasteiger partial charge < -0.3 is 10.1 Å². The van der Waals surface area contributed by atoms with E-state index in [0.717, 1.165) is 27.7 Å². The normalized spacial score (nSPS) is 19.4. The van der Waals surface area contributed by atoms with Crippen molar-refractivity contribution in [1.29, 1.82) is 0 Å². The summed E-state index contributed by atoms with van der Waals surface area (Å²) in [6.45, 7) is 5.54. The summed E-state index contributed by atoms with van der Waals surface area (Å²) in [4.78, 5) is 38.1. The van der Waals surface area contributed by atoms with Crippen molar-refractivity contribution < 1.29 is 19.1 Å². The van der Waals surface area contributed by atoms with Crippen LogP contribution in [0.4, 0.5) is 4.79 Å². The zero-order chi connectivity index (χ0) is 20.3. The van der Waals surface area contributed by atoms with Crippen LogP contribution in [0.5, 0.6) is 0 Å². The van der Waals surface area contributed by atoms with Crippen molar-refractivity contribution in [3.63, 3.8) is 0 Å². The number of hydrogen-bond donors (Lipinski definition) is 1. The van der Waals surface area contributed by atoms with E-state index < -0.39 is 17.5 Å². The van der Waals surface area contributed by atoms with Gasteiger partial charge in [-0.25, -0.2) is 4.79 Å². The zero-order valence-electron chi connectivity index (χ0n) is 16.5. The molecule has 0 aromatic heterocycles. The molecule has 3 amide bonds. The third kappa shape index (κ3) is 4.16. The number of nitrogens with zero attached hydrogens (tertiary/aromatic N) is 1. The van der Waals surface area contributed by atoms with Crippen molar-refractivity contribution in [3.05, 3.63) is 48.0 Å². The molecule has 1 atom stereocenters. The minimum Gasteiger partial charge on any atom is -0.459 e.